The molecule has 1 aliphatic rings. The quantitative estimate of drug-likeness (QED) is 0.420. The minimum atomic E-state index is -4.19. The van der Waals surface area contributed by atoms with Crippen molar-refractivity contribution in [2.24, 2.45) is 0 Å². The van der Waals surface area contributed by atoms with E-state index in [4.69, 9.17) is 18.7 Å². The topological polar surface area (TPSA) is 131 Å². The number of anilines is 1. The number of pyridine rings is 1. The first-order chi connectivity index (χ1) is 16.2. The predicted molar refractivity (Wildman–Crippen MR) is 122 cm³/mol. The lowest BCUT2D eigenvalue weighted by Crippen LogP contribution is -2.25. The Hall–Kier alpha value is -3.80. The summed E-state index contributed by atoms with van der Waals surface area (Å²) in [6.45, 7) is 4.17. The number of nitrogens with zero attached hydrogens (tertiary/aromatic N) is 4. The number of hydrogen-bond acceptors (Lipinski definition) is 9. The molecule has 4 heterocycles. The highest BCUT2D eigenvalue weighted by atomic mass is 32.2. The minimum Gasteiger partial charge on any atom is -0.495 e. The van der Waals surface area contributed by atoms with Crippen LogP contribution in [0.4, 0.5) is 5.82 Å². The molecule has 4 aromatic rings. The number of rotatable bonds is 7. The van der Waals surface area contributed by atoms with E-state index in [9.17, 15) is 8.42 Å². The summed E-state index contributed by atoms with van der Waals surface area (Å²) in [6.07, 6.45) is 4.03. The van der Waals surface area contributed by atoms with Gasteiger partial charge in [-0.1, -0.05) is 11.2 Å². The zero-order valence-electron chi connectivity index (χ0n) is 19.0. The van der Waals surface area contributed by atoms with Gasteiger partial charge in [0.05, 0.1) is 26.5 Å². The van der Waals surface area contributed by atoms with Crippen LogP contribution < -0.4 is 18.9 Å². The smallest absolute Gasteiger partial charge is 0.270 e. The van der Waals surface area contributed by atoms with Gasteiger partial charge in [-0.05, 0) is 31.5 Å². The van der Waals surface area contributed by atoms with E-state index < -0.39 is 15.6 Å². The maximum Gasteiger partial charge on any atom is 0.270 e. The molecule has 0 unspecified atom stereocenters. The number of hydrogen-bond donors (Lipinski definition) is 1. The first kappa shape index (κ1) is 22.0. The molecule has 1 N–H and O–H groups in total. The van der Waals surface area contributed by atoms with E-state index in [2.05, 4.69) is 20.0 Å². The molecule has 34 heavy (non-hydrogen) atoms. The van der Waals surface area contributed by atoms with Crippen LogP contribution in [0, 0.1) is 0 Å². The average molecular weight is 486 g/mol. The summed E-state index contributed by atoms with van der Waals surface area (Å²) < 4.78 is 53.5. The second-order valence-electron chi connectivity index (χ2n) is 8.46. The van der Waals surface area contributed by atoms with Crippen LogP contribution in [0.25, 0.3) is 11.0 Å². The maximum atomic E-state index is 13.5. The van der Waals surface area contributed by atoms with Crippen molar-refractivity contribution >= 4 is 26.8 Å². The summed E-state index contributed by atoms with van der Waals surface area (Å²) in [5.74, 6) is 0.530. The van der Waals surface area contributed by atoms with Crippen LogP contribution in [-0.2, 0) is 23.0 Å². The Morgan fingerprint density at radius 1 is 1.24 bits per heavy atom. The summed E-state index contributed by atoms with van der Waals surface area (Å²) in [4.78, 5) is 4.37. The van der Waals surface area contributed by atoms with Gasteiger partial charge in [-0.3, -0.25) is 9.40 Å². The molecule has 0 fully saturated rings. The van der Waals surface area contributed by atoms with E-state index in [0.717, 1.165) is 5.56 Å². The Morgan fingerprint density at radius 3 is 2.76 bits per heavy atom. The predicted octanol–water partition coefficient (Wildman–Crippen LogP) is 3.00. The van der Waals surface area contributed by atoms with Gasteiger partial charge in [-0.25, -0.2) is 13.4 Å². The van der Waals surface area contributed by atoms with Gasteiger partial charge in [0.1, 0.15) is 22.5 Å². The molecule has 1 aliphatic heterocycles. The van der Waals surface area contributed by atoms with Gasteiger partial charge in [0, 0.05) is 24.9 Å². The van der Waals surface area contributed by atoms with Crippen molar-refractivity contribution in [3.8, 4) is 17.4 Å². The maximum absolute atomic E-state index is 13.5. The molecule has 0 amide bonds. The van der Waals surface area contributed by atoms with Crippen molar-refractivity contribution in [1.29, 1.82) is 0 Å². The number of methoxy groups -OCH3 is 2. The Balaban J connectivity index is 1.56. The molecule has 0 radical (unpaired) electrons. The van der Waals surface area contributed by atoms with Gasteiger partial charge in [0.15, 0.2) is 16.3 Å². The van der Waals surface area contributed by atoms with E-state index in [1.165, 1.54) is 14.2 Å². The van der Waals surface area contributed by atoms with Crippen LogP contribution in [0.5, 0.6) is 17.4 Å². The number of ether oxygens (including phenoxy) is 3. The first-order valence-corrected chi connectivity index (χ1v) is 11.9. The fraction of sp³-hybridized carbons (Fsp3) is 0.318. The number of benzene rings is 1. The van der Waals surface area contributed by atoms with Crippen LogP contribution in [0.1, 0.15) is 25.1 Å². The highest BCUT2D eigenvalue weighted by Gasteiger charge is 2.38. The molecule has 0 saturated heterocycles. The van der Waals surface area contributed by atoms with Crippen molar-refractivity contribution in [2.75, 3.05) is 18.9 Å². The summed E-state index contributed by atoms with van der Waals surface area (Å²) in [7, 11) is -1.35. The monoisotopic (exact) mass is 485 g/mol. The fourth-order valence-corrected chi connectivity index (χ4v) is 5.37. The van der Waals surface area contributed by atoms with Gasteiger partial charge >= 0.3 is 0 Å². The lowest BCUT2D eigenvalue weighted by atomic mass is 10.0. The fourth-order valence-electron chi connectivity index (χ4n) is 4.04. The van der Waals surface area contributed by atoms with Crippen LogP contribution in [0.2, 0.25) is 0 Å². The molecule has 0 aliphatic carbocycles. The summed E-state index contributed by atoms with van der Waals surface area (Å²) in [6, 6.07) is 6.89. The van der Waals surface area contributed by atoms with Gasteiger partial charge in [-0.15, -0.1) is 0 Å². The third kappa shape index (κ3) is 3.79. The van der Waals surface area contributed by atoms with Crippen molar-refractivity contribution in [3.63, 3.8) is 0 Å². The summed E-state index contributed by atoms with van der Waals surface area (Å²) in [5, 5.41) is 8.40. The van der Waals surface area contributed by atoms with E-state index >= 15 is 0 Å². The molecular formula is C22H23N5O6S. The summed E-state index contributed by atoms with van der Waals surface area (Å²) >= 11 is 0. The zero-order valence-corrected chi connectivity index (χ0v) is 19.8. The lowest BCUT2D eigenvalue weighted by molar-refractivity contribution is 0.134. The van der Waals surface area contributed by atoms with Crippen LogP contribution in [-0.4, -0.2) is 48.2 Å². The Bertz CT molecular complexity index is 1480. The van der Waals surface area contributed by atoms with Gasteiger partial charge in [-0.2, -0.15) is 5.10 Å². The molecule has 12 heteroatoms. The summed E-state index contributed by atoms with van der Waals surface area (Å²) in [5.41, 5.74) is 1.15. The SMILES string of the molecule is COc1ccc2c(c1S(=O)(=O)Nc1noc3cc(Cn4cccn4)nc(OC)c13)OC(C)(C)C2. The Morgan fingerprint density at radius 2 is 2.06 bits per heavy atom. The molecule has 0 atom stereocenters. The standard InChI is InChI=1S/C22H23N5O6S/c1-22(2)11-13-6-7-15(30-3)19(18(13)32-22)34(28,29)26-20-17-16(33-25-20)10-14(24-21(17)31-4)12-27-9-5-8-23-27/h5-10H,11-12H2,1-4H3,(H,25,26). The Labute approximate surface area is 195 Å². The van der Waals surface area contributed by atoms with Gasteiger partial charge < -0.3 is 18.7 Å². The van der Waals surface area contributed by atoms with E-state index in [-0.39, 0.29) is 28.1 Å². The average Bonchev–Trinajstić information content (AvgIpc) is 3.50. The number of sulfonamides is 1. The van der Waals surface area contributed by atoms with Gasteiger partial charge in [0.2, 0.25) is 5.88 Å². The van der Waals surface area contributed by atoms with Crippen molar-refractivity contribution in [3.05, 3.63) is 47.9 Å². The third-order valence-electron chi connectivity index (χ3n) is 5.42. The molecule has 178 valence electrons. The van der Waals surface area contributed by atoms with Crippen molar-refractivity contribution in [2.45, 2.75) is 37.3 Å². The number of fused-ring (bicyclic) bond motifs is 2. The van der Waals surface area contributed by atoms with Crippen molar-refractivity contribution < 1.29 is 27.2 Å². The lowest BCUT2D eigenvalue weighted by Gasteiger charge is -2.19. The molecular weight excluding hydrogens is 462 g/mol. The molecule has 11 nitrogen and oxygen atoms in total. The molecule has 0 spiro atoms. The number of nitrogens with one attached hydrogen (secondary N) is 1. The van der Waals surface area contributed by atoms with E-state index in [0.29, 0.717) is 29.6 Å². The van der Waals surface area contributed by atoms with Crippen LogP contribution in [0.15, 0.2) is 46.1 Å². The van der Waals surface area contributed by atoms with E-state index in [1.807, 2.05) is 19.9 Å². The van der Waals surface area contributed by atoms with Crippen LogP contribution in [0.3, 0.4) is 0 Å². The third-order valence-corrected chi connectivity index (χ3v) is 6.81. The minimum absolute atomic E-state index is 0.0538. The molecule has 3 aromatic heterocycles. The Kier molecular flexibility index (Phi) is 5.12. The van der Waals surface area contributed by atoms with Crippen LogP contribution >= 0.6 is 0 Å². The zero-order chi connectivity index (χ0) is 24.1. The molecule has 0 saturated carbocycles. The van der Waals surface area contributed by atoms with Crippen molar-refractivity contribution in [1.82, 2.24) is 19.9 Å². The normalized spacial score (nSPS) is 14.6. The second kappa shape index (κ2) is 7.90. The number of aromatic nitrogens is 4. The molecule has 5 rings (SSSR count). The first-order valence-electron chi connectivity index (χ1n) is 10.4. The highest BCUT2D eigenvalue weighted by molar-refractivity contribution is 7.93. The second-order valence-corrected chi connectivity index (χ2v) is 10.1. The van der Waals surface area contributed by atoms with Gasteiger partial charge in [0.25, 0.3) is 10.0 Å². The van der Waals surface area contributed by atoms with E-state index in [1.54, 1.807) is 35.3 Å². The largest absolute Gasteiger partial charge is 0.495 e. The highest BCUT2D eigenvalue weighted by Crippen LogP contribution is 2.45. The molecule has 1 aromatic carbocycles. The molecule has 0 bridgehead atoms.